The summed E-state index contributed by atoms with van der Waals surface area (Å²) in [5.41, 5.74) is 0.899. The van der Waals surface area contributed by atoms with Crippen LogP contribution < -0.4 is 4.74 Å². The van der Waals surface area contributed by atoms with Gasteiger partial charge in [-0.05, 0) is 18.1 Å². The molecule has 0 aromatic heterocycles. The van der Waals surface area contributed by atoms with Gasteiger partial charge in [-0.25, -0.2) is 0 Å². The van der Waals surface area contributed by atoms with Crippen molar-refractivity contribution in [3.05, 3.63) is 29.8 Å². The molecule has 0 aliphatic rings. The lowest BCUT2D eigenvalue weighted by Crippen LogP contribution is -2.09. The Morgan fingerprint density at radius 3 is 2.62 bits per heavy atom. The third kappa shape index (κ3) is 3.48. The summed E-state index contributed by atoms with van der Waals surface area (Å²) in [6.45, 7) is 0.214. The maximum atomic E-state index is 9.26. The first-order valence-electron chi connectivity index (χ1n) is 5.25. The lowest BCUT2D eigenvalue weighted by Gasteiger charge is -2.17. The number of hydrogen-bond donors (Lipinski definition) is 2. The Labute approximate surface area is 95.4 Å². The van der Waals surface area contributed by atoms with Gasteiger partial charge >= 0.3 is 0 Å². The quantitative estimate of drug-likeness (QED) is 0.684. The van der Waals surface area contributed by atoms with Crippen molar-refractivity contribution < 1.29 is 19.7 Å². The highest BCUT2D eigenvalue weighted by atomic mass is 16.7. The molecule has 16 heavy (non-hydrogen) atoms. The Kier molecular flexibility index (Phi) is 5.85. The van der Waals surface area contributed by atoms with Gasteiger partial charge in [-0.2, -0.15) is 0 Å². The van der Waals surface area contributed by atoms with Crippen LogP contribution in [-0.2, 0) is 4.74 Å². The van der Waals surface area contributed by atoms with E-state index in [-0.39, 0.29) is 25.9 Å². The van der Waals surface area contributed by atoms with Crippen molar-refractivity contribution in [3.63, 3.8) is 0 Å². The van der Waals surface area contributed by atoms with Crippen LogP contribution in [-0.4, -0.2) is 37.3 Å². The van der Waals surface area contributed by atoms with Gasteiger partial charge in [0.2, 0.25) is 0 Å². The lowest BCUT2D eigenvalue weighted by molar-refractivity contribution is 0.0497. The largest absolute Gasteiger partial charge is 0.467 e. The number of aliphatic hydroxyl groups excluding tert-OH is 2. The molecule has 0 spiro atoms. The summed E-state index contributed by atoms with van der Waals surface area (Å²) < 4.78 is 10.2. The molecule has 1 aromatic carbocycles. The second kappa shape index (κ2) is 7.22. The fourth-order valence-electron chi connectivity index (χ4n) is 1.57. The van der Waals surface area contributed by atoms with Gasteiger partial charge in [0.1, 0.15) is 5.75 Å². The number of methoxy groups -OCH3 is 1. The molecule has 0 bridgehead atoms. The molecular formula is C12H18O4. The van der Waals surface area contributed by atoms with Crippen molar-refractivity contribution in [3.8, 4) is 5.75 Å². The van der Waals surface area contributed by atoms with Gasteiger partial charge in [0.05, 0.1) is 6.61 Å². The van der Waals surface area contributed by atoms with E-state index >= 15 is 0 Å². The van der Waals surface area contributed by atoms with E-state index in [4.69, 9.17) is 14.6 Å². The summed E-state index contributed by atoms with van der Waals surface area (Å²) in [4.78, 5) is 0. The molecule has 0 saturated carbocycles. The molecule has 0 fully saturated rings. The van der Waals surface area contributed by atoms with Gasteiger partial charge in [-0.3, -0.25) is 0 Å². The molecule has 4 nitrogen and oxygen atoms in total. The van der Waals surface area contributed by atoms with Gasteiger partial charge in [-0.15, -0.1) is 0 Å². The zero-order valence-corrected chi connectivity index (χ0v) is 9.43. The van der Waals surface area contributed by atoms with E-state index in [1.165, 1.54) is 0 Å². The molecule has 1 unspecified atom stereocenters. The first-order valence-corrected chi connectivity index (χ1v) is 5.25. The van der Waals surface area contributed by atoms with E-state index in [2.05, 4.69) is 0 Å². The fraction of sp³-hybridized carbons (Fsp3) is 0.500. The molecule has 0 radical (unpaired) electrons. The van der Waals surface area contributed by atoms with Crippen molar-refractivity contribution in [2.75, 3.05) is 27.1 Å². The van der Waals surface area contributed by atoms with Crippen LogP contribution in [0.2, 0.25) is 0 Å². The maximum Gasteiger partial charge on any atom is 0.188 e. The van der Waals surface area contributed by atoms with E-state index in [1.807, 2.05) is 24.3 Å². The average molecular weight is 226 g/mol. The van der Waals surface area contributed by atoms with E-state index in [1.54, 1.807) is 7.11 Å². The molecule has 90 valence electrons. The van der Waals surface area contributed by atoms with Crippen molar-refractivity contribution in [1.29, 1.82) is 0 Å². The van der Waals surface area contributed by atoms with E-state index < -0.39 is 0 Å². The predicted molar refractivity (Wildman–Crippen MR) is 60.5 cm³/mol. The zero-order chi connectivity index (χ0) is 11.8. The maximum absolute atomic E-state index is 9.26. The lowest BCUT2D eigenvalue weighted by atomic mass is 9.96. The third-order valence-electron chi connectivity index (χ3n) is 2.39. The van der Waals surface area contributed by atoms with Gasteiger partial charge < -0.3 is 19.7 Å². The summed E-state index contributed by atoms with van der Waals surface area (Å²) in [7, 11) is 1.56. The summed E-state index contributed by atoms with van der Waals surface area (Å²) in [6.07, 6.45) is 0.518. The topological polar surface area (TPSA) is 58.9 Å². The normalized spacial score (nSPS) is 12.4. The molecule has 0 saturated heterocycles. The minimum absolute atomic E-state index is 0.00604. The Balaban J connectivity index is 2.82. The van der Waals surface area contributed by atoms with Crippen molar-refractivity contribution in [2.24, 2.45) is 0 Å². The molecule has 0 heterocycles. The van der Waals surface area contributed by atoms with Gasteiger partial charge in [0, 0.05) is 19.6 Å². The van der Waals surface area contributed by atoms with E-state index in [9.17, 15) is 5.11 Å². The number of benzene rings is 1. The Morgan fingerprint density at radius 1 is 1.25 bits per heavy atom. The molecule has 1 aromatic rings. The number of ether oxygens (including phenoxy) is 2. The van der Waals surface area contributed by atoms with Crippen molar-refractivity contribution in [1.82, 2.24) is 0 Å². The fourth-order valence-corrected chi connectivity index (χ4v) is 1.57. The van der Waals surface area contributed by atoms with Gasteiger partial charge in [0.15, 0.2) is 6.79 Å². The van der Waals surface area contributed by atoms with Crippen molar-refractivity contribution >= 4 is 0 Å². The molecule has 1 rings (SSSR count). The molecule has 0 aliphatic carbocycles. The van der Waals surface area contributed by atoms with E-state index in [0.717, 1.165) is 5.56 Å². The molecule has 0 aliphatic heterocycles. The highest BCUT2D eigenvalue weighted by Gasteiger charge is 2.14. The Bertz CT molecular complexity index is 301. The predicted octanol–water partition coefficient (Wildman–Crippen LogP) is 1.13. The van der Waals surface area contributed by atoms with Crippen LogP contribution in [0.5, 0.6) is 5.75 Å². The molecule has 0 amide bonds. The second-order valence-electron chi connectivity index (χ2n) is 3.48. The SMILES string of the molecule is COCOc1ccccc1C(CO)CCO. The van der Waals surface area contributed by atoms with Crippen molar-refractivity contribution in [2.45, 2.75) is 12.3 Å². The van der Waals surface area contributed by atoms with Gasteiger partial charge in [0.25, 0.3) is 0 Å². The minimum atomic E-state index is -0.0990. The van der Waals surface area contributed by atoms with Crippen LogP contribution in [0.1, 0.15) is 17.9 Å². The highest BCUT2D eigenvalue weighted by Crippen LogP contribution is 2.28. The molecule has 1 atom stereocenters. The summed E-state index contributed by atoms with van der Waals surface area (Å²) in [5.74, 6) is 0.593. The Hall–Kier alpha value is -1.10. The zero-order valence-electron chi connectivity index (χ0n) is 9.43. The minimum Gasteiger partial charge on any atom is -0.467 e. The van der Waals surface area contributed by atoms with Gasteiger partial charge in [-0.1, -0.05) is 18.2 Å². The molecule has 4 heteroatoms. The Morgan fingerprint density at radius 2 is 2.00 bits per heavy atom. The smallest absolute Gasteiger partial charge is 0.188 e. The average Bonchev–Trinajstić information content (AvgIpc) is 2.34. The summed E-state index contributed by atoms with van der Waals surface area (Å²) >= 11 is 0. The number of rotatable bonds is 7. The van der Waals surface area contributed by atoms with Crippen LogP contribution >= 0.6 is 0 Å². The molecule has 2 N–H and O–H groups in total. The molecular weight excluding hydrogens is 208 g/mol. The summed E-state index contributed by atoms with van der Waals surface area (Å²) in [5, 5.41) is 18.2. The highest BCUT2D eigenvalue weighted by molar-refractivity contribution is 5.36. The summed E-state index contributed by atoms with van der Waals surface area (Å²) in [6, 6.07) is 7.47. The van der Waals surface area contributed by atoms with Crippen LogP contribution in [0.15, 0.2) is 24.3 Å². The third-order valence-corrected chi connectivity index (χ3v) is 2.39. The van der Waals surface area contributed by atoms with Crippen LogP contribution in [0.25, 0.3) is 0 Å². The monoisotopic (exact) mass is 226 g/mol. The van der Waals surface area contributed by atoms with Crippen LogP contribution in [0, 0.1) is 0 Å². The first kappa shape index (κ1) is 13.0. The number of aliphatic hydroxyl groups is 2. The van der Waals surface area contributed by atoms with Crippen LogP contribution in [0.4, 0.5) is 0 Å². The second-order valence-corrected chi connectivity index (χ2v) is 3.48. The standard InChI is InChI=1S/C12H18O4/c1-15-9-16-12-5-3-2-4-11(12)10(8-14)6-7-13/h2-5,10,13-14H,6-9H2,1H3. The van der Waals surface area contributed by atoms with Crippen LogP contribution in [0.3, 0.4) is 0 Å². The first-order chi connectivity index (χ1) is 7.83. The number of hydrogen-bond acceptors (Lipinski definition) is 4. The number of para-hydroxylation sites is 1. The van der Waals surface area contributed by atoms with E-state index in [0.29, 0.717) is 12.2 Å².